The van der Waals surface area contributed by atoms with Gasteiger partial charge in [-0.25, -0.2) is 0 Å². The Morgan fingerprint density at radius 3 is 2.16 bits per heavy atom. The Labute approximate surface area is 112 Å². The van der Waals surface area contributed by atoms with Gasteiger partial charge < -0.3 is 21.7 Å². The molecule has 0 saturated carbocycles. The van der Waals surface area contributed by atoms with Crippen molar-refractivity contribution in [1.82, 2.24) is 10.2 Å². The summed E-state index contributed by atoms with van der Waals surface area (Å²) >= 11 is 0. The van der Waals surface area contributed by atoms with E-state index in [1.165, 1.54) is 0 Å². The first-order valence-electron chi connectivity index (χ1n) is 6.33. The van der Waals surface area contributed by atoms with E-state index >= 15 is 0 Å². The first-order chi connectivity index (χ1) is 8.74. The monoisotopic (exact) mass is 270 g/mol. The fraction of sp³-hybridized carbons (Fsp3) is 0.750. The largest absolute Gasteiger partial charge is 0.368 e. The predicted molar refractivity (Wildman–Crippen MR) is 69.8 cm³/mol. The van der Waals surface area contributed by atoms with Crippen molar-refractivity contribution < 1.29 is 14.4 Å². The summed E-state index contributed by atoms with van der Waals surface area (Å²) < 4.78 is 0. The molecular formula is C12H22N4O3. The zero-order valence-electron chi connectivity index (χ0n) is 11.4. The van der Waals surface area contributed by atoms with Crippen molar-refractivity contribution in [1.29, 1.82) is 0 Å². The molecule has 108 valence electrons. The number of hydrogen-bond donors (Lipinski definition) is 3. The number of carbonyl (C=O) groups is 3. The van der Waals surface area contributed by atoms with E-state index in [4.69, 9.17) is 11.5 Å². The molecule has 3 amide bonds. The number of nitrogens with zero attached hydrogens (tertiary/aromatic N) is 1. The summed E-state index contributed by atoms with van der Waals surface area (Å²) in [6, 6.07) is -0.431. The van der Waals surface area contributed by atoms with Crippen molar-refractivity contribution in [3.8, 4) is 0 Å². The maximum atomic E-state index is 12.4. The molecule has 1 saturated heterocycles. The van der Waals surface area contributed by atoms with E-state index in [0.717, 1.165) is 24.3 Å². The van der Waals surface area contributed by atoms with E-state index in [1.54, 1.807) is 0 Å². The van der Waals surface area contributed by atoms with Crippen LogP contribution in [0.15, 0.2) is 0 Å². The molecule has 1 rings (SSSR count). The lowest BCUT2D eigenvalue weighted by Crippen LogP contribution is -2.58. The minimum Gasteiger partial charge on any atom is -0.368 e. The average Bonchev–Trinajstić information content (AvgIpc) is 2.25. The smallest absolute Gasteiger partial charge is 0.241 e. The fourth-order valence-corrected chi connectivity index (χ4v) is 2.40. The molecule has 1 aliphatic rings. The first kappa shape index (κ1) is 15.4. The van der Waals surface area contributed by atoms with Crippen LogP contribution in [0.25, 0.3) is 0 Å². The Hall–Kier alpha value is -1.63. The Balaban J connectivity index is 2.84. The molecule has 5 N–H and O–H groups in total. The lowest BCUT2D eigenvalue weighted by molar-refractivity contribution is -0.142. The molecule has 7 heteroatoms. The highest BCUT2D eigenvalue weighted by Gasteiger charge is 2.39. The molecule has 7 nitrogen and oxygen atoms in total. The van der Waals surface area contributed by atoms with Crippen LogP contribution in [0.5, 0.6) is 0 Å². The molecule has 1 unspecified atom stereocenters. The van der Waals surface area contributed by atoms with Crippen molar-refractivity contribution in [3.05, 3.63) is 0 Å². The van der Waals surface area contributed by atoms with Crippen LogP contribution in [0.1, 0.15) is 26.7 Å². The van der Waals surface area contributed by atoms with Crippen LogP contribution >= 0.6 is 0 Å². The summed E-state index contributed by atoms with van der Waals surface area (Å²) in [6.07, 6.45) is 1.89. The van der Waals surface area contributed by atoms with Crippen LogP contribution in [0.2, 0.25) is 0 Å². The number of rotatable bonds is 5. The number of nitrogens with two attached hydrogens (primary N) is 2. The average molecular weight is 270 g/mol. The van der Waals surface area contributed by atoms with Gasteiger partial charge in [-0.1, -0.05) is 13.8 Å². The minimum absolute atomic E-state index is 0.233. The maximum absolute atomic E-state index is 12.4. The van der Waals surface area contributed by atoms with E-state index in [9.17, 15) is 14.4 Å². The van der Waals surface area contributed by atoms with Gasteiger partial charge in [0.05, 0.1) is 19.1 Å². The number of amides is 3. The molecule has 0 aromatic carbocycles. The molecule has 0 aliphatic carbocycles. The van der Waals surface area contributed by atoms with Gasteiger partial charge in [-0.3, -0.25) is 14.4 Å². The van der Waals surface area contributed by atoms with Gasteiger partial charge in [-0.2, -0.15) is 0 Å². The summed E-state index contributed by atoms with van der Waals surface area (Å²) in [4.78, 5) is 35.5. The predicted octanol–water partition coefficient (Wildman–Crippen LogP) is -1.44. The fourth-order valence-electron chi connectivity index (χ4n) is 2.40. The first-order valence-corrected chi connectivity index (χ1v) is 6.33. The Kier molecular flexibility index (Phi) is 4.88. The van der Waals surface area contributed by atoms with Crippen molar-refractivity contribution >= 4 is 17.7 Å². The van der Waals surface area contributed by atoms with Crippen LogP contribution in [0, 0.1) is 5.41 Å². The highest BCUT2D eigenvalue weighted by Crippen LogP contribution is 2.31. The van der Waals surface area contributed by atoms with Crippen molar-refractivity contribution in [2.45, 2.75) is 32.7 Å². The van der Waals surface area contributed by atoms with Gasteiger partial charge in [0.25, 0.3) is 0 Å². The highest BCUT2D eigenvalue weighted by atomic mass is 16.2. The van der Waals surface area contributed by atoms with Crippen LogP contribution in [0.3, 0.4) is 0 Å². The number of primary amides is 2. The van der Waals surface area contributed by atoms with E-state index < -0.39 is 17.9 Å². The number of nitrogens with one attached hydrogen (secondary N) is 1. The summed E-state index contributed by atoms with van der Waals surface area (Å²) in [7, 11) is 0. The van der Waals surface area contributed by atoms with Crippen LogP contribution in [-0.2, 0) is 14.4 Å². The van der Waals surface area contributed by atoms with Crippen LogP contribution in [0.4, 0.5) is 0 Å². The second-order valence-corrected chi connectivity index (χ2v) is 5.61. The normalized spacial score (nSPS) is 21.7. The van der Waals surface area contributed by atoms with E-state index in [2.05, 4.69) is 5.32 Å². The van der Waals surface area contributed by atoms with Crippen molar-refractivity contribution in [2.24, 2.45) is 16.9 Å². The highest BCUT2D eigenvalue weighted by molar-refractivity contribution is 5.91. The third-order valence-electron chi connectivity index (χ3n) is 3.38. The maximum Gasteiger partial charge on any atom is 0.241 e. The lowest BCUT2D eigenvalue weighted by Gasteiger charge is -2.40. The summed E-state index contributed by atoms with van der Waals surface area (Å²) in [5.74, 6) is -1.63. The Morgan fingerprint density at radius 2 is 1.74 bits per heavy atom. The van der Waals surface area contributed by atoms with Crippen molar-refractivity contribution in [3.63, 3.8) is 0 Å². The van der Waals surface area contributed by atoms with Crippen LogP contribution < -0.4 is 16.8 Å². The zero-order chi connectivity index (χ0) is 14.6. The lowest BCUT2D eigenvalue weighted by atomic mass is 9.77. The summed E-state index contributed by atoms with van der Waals surface area (Å²) in [6.45, 7) is 4.11. The third-order valence-corrected chi connectivity index (χ3v) is 3.38. The third kappa shape index (κ3) is 4.20. The minimum atomic E-state index is -0.664. The molecule has 1 aliphatic heterocycles. The van der Waals surface area contributed by atoms with Crippen LogP contribution in [-0.4, -0.2) is 48.3 Å². The summed E-state index contributed by atoms with van der Waals surface area (Å²) in [5, 5.41) is 3.14. The molecule has 0 aromatic heterocycles. The van der Waals surface area contributed by atoms with E-state index in [-0.39, 0.29) is 24.4 Å². The molecule has 0 aromatic rings. The molecule has 1 fully saturated rings. The standard InChI is InChI=1S/C12H22N4O3/c1-12(2)4-3-5-15-10(12)11(19)16(6-8(13)17)7-9(14)18/h10,15H,3-7H2,1-2H3,(H2,13,17)(H2,14,18). The number of carbonyl (C=O) groups excluding carboxylic acids is 3. The zero-order valence-corrected chi connectivity index (χ0v) is 11.4. The Morgan fingerprint density at radius 1 is 1.21 bits per heavy atom. The van der Waals surface area contributed by atoms with Gasteiger partial charge in [0.2, 0.25) is 17.7 Å². The number of hydrogen-bond acceptors (Lipinski definition) is 4. The molecule has 1 heterocycles. The number of piperidine rings is 1. The molecular weight excluding hydrogens is 248 g/mol. The molecule has 0 bridgehead atoms. The molecule has 19 heavy (non-hydrogen) atoms. The van der Waals surface area contributed by atoms with Gasteiger partial charge in [-0.15, -0.1) is 0 Å². The topological polar surface area (TPSA) is 119 Å². The van der Waals surface area contributed by atoms with E-state index in [1.807, 2.05) is 13.8 Å². The van der Waals surface area contributed by atoms with Gasteiger partial charge >= 0.3 is 0 Å². The second-order valence-electron chi connectivity index (χ2n) is 5.61. The van der Waals surface area contributed by atoms with Gasteiger partial charge in [-0.05, 0) is 24.8 Å². The molecule has 1 atom stereocenters. The SMILES string of the molecule is CC1(C)CCCNC1C(=O)N(CC(N)=O)CC(N)=O. The quantitative estimate of drug-likeness (QED) is 0.567. The second kappa shape index (κ2) is 6.01. The van der Waals surface area contributed by atoms with Gasteiger partial charge in [0, 0.05) is 0 Å². The summed E-state index contributed by atoms with van der Waals surface area (Å²) in [5.41, 5.74) is 9.96. The molecule has 0 radical (unpaired) electrons. The molecule has 0 spiro atoms. The van der Waals surface area contributed by atoms with Gasteiger partial charge in [0.15, 0.2) is 0 Å². The van der Waals surface area contributed by atoms with Gasteiger partial charge in [0.1, 0.15) is 0 Å². The van der Waals surface area contributed by atoms with E-state index in [0.29, 0.717) is 0 Å². The Bertz CT molecular complexity index is 365. The van der Waals surface area contributed by atoms with Crippen molar-refractivity contribution in [2.75, 3.05) is 19.6 Å².